The minimum absolute atomic E-state index is 0.0657. The van der Waals surface area contributed by atoms with Crippen molar-refractivity contribution >= 4 is 33.8 Å². The van der Waals surface area contributed by atoms with E-state index in [9.17, 15) is 19.5 Å². The Morgan fingerprint density at radius 2 is 1.11 bits per heavy atom. The minimum Gasteiger partial charge on any atom is -0.868 e. The first-order chi connectivity index (χ1) is 22.7. The Balaban J connectivity index is 1.55. The van der Waals surface area contributed by atoms with Crippen molar-refractivity contribution in [3.8, 4) is 40.2 Å². The fourth-order valence-corrected chi connectivity index (χ4v) is 6.52. The Hall–Kier alpha value is -5.24. The molecule has 1 heterocycles. The second kappa shape index (κ2) is 15.9. The standard InChI is InChI=1S/C33H34O13S/c1-38-23-15-19(16-24(39-2)28(23)42-5)31(35)44-11-13-47(30-27(34)21-9-7-8-10-22(21)46-33(30)37)14-12-45-32(36)20-17-25(40-3)29(43-6)26(18-20)41-4/h7-10,15-18H,11-14H2,1-6H3. The van der Waals surface area contributed by atoms with Crippen LogP contribution in [-0.2, 0) is 20.4 Å². The maximum atomic E-state index is 13.5. The molecule has 0 aliphatic heterocycles. The lowest BCUT2D eigenvalue weighted by Gasteiger charge is -2.17. The van der Waals surface area contributed by atoms with Crippen molar-refractivity contribution in [2.24, 2.45) is 0 Å². The molecule has 0 fully saturated rings. The van der Waals surface area contributed by atoms with Gasteiger partial charge in [-0.15, -0.1) is 0 Å². The van der Waals surface area contributed by atoms with Crippen molar-refractivity contribution in [1.82, 2.24) is 0 Å². The first kappa shape index (κ1) is 34.6. The summed E-state index contributed by atoms with van der Waals surface area (Å²) in [4.78, 5) is 39.0. The predicted molar refractivity (Wildman–Crippen MR) is 170 cm³/mol. The number of rotatable bonds is 15. The number of carbonyl (C=O) groups is 2. The average Bonchev–Trinajstić information content (AvgIpc) is 3.09. The van der Waals surface area contributed by atoms with E-state index in [0.717, 1.165) is 0 Å². The van der Waals surface area contributed by atoms with Crippen molar-refractivity contribution < 1.29 is 57.0 Å². The number of carbonyl (C=O) groups excluding carboxylic acids is 2. The van der Waals surface area contributed by atoms with Crippen LogP contribution in [0.15, 0.2) is 62.6 Å². The highest BCUT2D eigenvalue weighted by Gasteiger charge is 2.30. The van der Waals surface area contributed by atoms with Gasteiger partial charge in [0.15, 0.2) is 23.0 Å². The van der Waals surface area contributed by atoms with Crippen molar-refractivity contribution in [3.63, 3.8) is 0 Å². The summed E-state index contributed by atoms with van der Waals surface area (Å²) in [5, 5.41) is 13.7. The van der Waals surface area contributed by atoms with Gasteiger partial charge in [0, 0.05) is 16.3 Å². The highest BCUT2D eigenvalue weighted by Crippen LogP contribution is 2.39. The molecule has 4 rings (SSSR count). The molecule has 0 aliphatic carbocycles. The smallest absolute Gasteiger partial charge is 0.391 e. The van der Waals surface area contributed by atoms with E-state index in [4.69, 9.17) is 42.3 Å². The van der Waals surface area contributed by atoms with Crippen molar-refractivity contribution in [3.05, 3.63) is 70.1 Å². The Kier molecular flexibility index (Phi) is 11.7. The van der Waals surface area contributed by atoms with E-state index in [2.05, 4.69) is 0 Å². The van der Waals surface area contributed by atoms with Gasteiger partial charge in [0.1, 0.15) is 30.3 Å². The highest BCUT2D eigenvalue weighted by atomic mass is 32.2. The van der Waals surface area contributed by atoms with Gasteiger partial charge in [0.2, 0.25) is 16.4 Å². The van der Waals surface area contributed by atoms with Gasteiger partial charge in [-0.3, -0.25) is 0 Å². The van der Waals surface area contributed by atoms with E-state index < -0.39 is 34.2 Å². The zero-order chi connectivity index (χ0) is 34.1. The second-order valence-electron chi connectivity index (χ2n) is 9.54. The summed E-state index contributed by atoms with van der Waals surface area (Å²) in [5.74, 6) is -0.118. The van der Waals surface area contributed by atoms with Gasteiger partial charge < -0.3 is 47.4 Å². The van der Waals surface area contributed by atoms with Gasteiger partial charge in [-0.2, -0.15) is 0 Å². The maximum Gasteiger partial charge on any atom is 0.391 e. The van der Waals surface area contributed by atoms with Gasteiger partial charge in [0.05, 0.1) is 53.8 Å². The van der Waals surface area contributed by atoms with Crippen molar-refractivity contribution in [2.45, 2.75) is 4.90 Å². The maximum absolute atomic E-state index is 13.5. The van der Waals surface area contributed by atoms with Gasteiger partial charge in [-0.05, 0) is 36.1 Å². The van der Waals surface area contributed by atoms with E-state index in [0.29, 0.717) is 11.5 Å². The molecule has 0 spiro atoms. The fourth-order valence-electron chi connectivity index (χ4n) is 4.69. The molecule has 0 aliphatic rings. The normalized spacial score (nSPS) is 10.8. The van der Waals surface area contributed by atoms with Crippen LogP contribution in [0.3, 0.4) is 0 Å². The fraction of sp³-hybridized carbons (Fsp3) is 0.303. The van der Waals surface area contributed by atoms with Crippen LogP contribution in [-0.4, -0.2) is 79.3 Å². The lowest BCUT2D eigenvalue weighted by molar-refractivity contribution is -0.270. The molecule has 0 saturated heterocycles. The van der Waals surface area contributed by atoms with Crippen molar-refractivity contribution in [1.29, 1.82) is 0 Å². The third-order valence-corrected chi connectivity index (χ3v) is 9.19. The summed E-state index contributed by atoms with van der Waals surface area (Å²) in [6, 6.07) is 12.2. The first-order valence-corrected chi connectivity index (χ1v) is 15.6. The topological polar surface area (TPSA) is 161 Å². The zero-order valence-electron chi connectivity index (χ0n) is 26.7. The van der Waals surface area contributed by atoms with Crippen LogP contribution in [0, 0.1) is 0 Å². The van der Waals surface area contributed by atoms with E-state index in [1.165, 1.54) is 73.0 Å². The van der Waals surface area contributed by atoms with E-state index in [-0.39, 0.29) is 74.7 Å². The van der Waals surface area contributed by atoms with Crippen LogP contribution in [0.4, 0.5) is 0 Å². The molecule has 250 valence electrons. The Labute approximate surface area is 273 Å². The SMILES string of the molecule is COc1cc(C(=O)OCC[S+](CCOC(=O)c2cc(OC)c(OC)c(OC)c2)c2c([O-])c3ccccc3oc2=O)cc(OC)c1OC. The van der Waals surface area contributed by atoms with E-state index in [1.54, 1.807) is 18.2 Å². The monoisotopic (exact) mass is 670 g/mol. The summed E-state index contributed by atoms with van der Waals surface area (Å²) in [6.07, 6.45) is 0. The average molecular weight is 671 g/mol. The lowest BCUT2D eigenvalue weighted by Crippen LogP contribution is -2.28. The zero-order valence-corrected chi connectivity index (χ0v) is 27.5. The van der Waals surface area contributed by atoms with Gasteiger partial charge in [-0.1, -0.05) is 18.2 Å². The lowest BCUT2D eigenvalue weighted by atomic mass is 10.2. The summed E-state index contributed by atoms with van der Waals surface area (Å²) >= 11 is 0. The van der Waals surface area contributed by atoms with Crippen LogP contribution in [0.2, 0.25) is 0 Å². The molecule has 0 unspecified atom stereocenters. The molecule has 13 nitrogen and oxygen atoms in total. The van der Waals surface area contributed by atoms with Crippen LogP contribution in [0.5, 0.6) is 40.2 Å². The van der Waals surface area contributed by atoms with E-state index in [1.807, 2.05) is 0 Å². The number of hydrogen-bond donors (Lipinski definition) is 0. The highest BCUT2D eigenvalue weighted by molar-refractivity contribution is 7.97. The molecule has 0 amide bonds. The molecular formula is C33H34O13S. The summed E-state index contributed by atoms with van der Waals surface area (Å²) in [5.41, 5.74) is -0.400. The molecule has 0 bridgehead atoms. The molecular weight excluding hydrogens is 636 g/mol. The summed E-state index contributed by atoms with van der Waals surface area (Å²) in [6.45, 7) is -0.351. The molecule has 1 aromatic heterocycles. The van der Waals surface area contributed by atoms with Crippen LogP contribution in [0.25, 0.3) is 11.0 Å². The van der Waals surface area contributed by atoms with E-state index >= 15 is 0 Å². The van der Waals surface area contributed by atoms with Gasteiger partial charge in [-0.25, -0.2) is 14.4 Å². The first-order valence-electron chi connectivity index (χ1n) is 14.1. The molecule has 3 aromatic carbocycles. The number of fused-ring (bicyclic) bond motifs is 1. The largest absolute Gasteiger partial charge is 0.868 e. The van der Waals surface area contributed by atoms with Crippen LogP contribution >= 0.6 is 0 Å². The minimum atomic E-state index is -1.16. The number of benzene rings is 3. The van der Waals surface area contributed by atoms with Gasteiger partial charge in [0.25, 0.3) is 0 Å². The number of ether oxygens (including phenoxy) is 8. The quantitative estimate of drug-likeness (QED) is 0.103. The Morgan fingerprint density at radius 1 is 0.681 bits per heavy atom. The van der Waals surface area contributed by atoms with Crippen LogP contribution in [0.1, 0.15) is 20.7 Å². The molecule has 47 heavy (non-hydrogen) atoms. The summed E-state index contributed by atoms with van der Waals surface area (Å²) < 4.78 is 48.3. The molecule has 0 saturated carbocycles. The number of hydrogen-bond acceptors (Lipinski definition) is 13. The Bertz CT molecular complexity index is 1670. The van der Waals surface area contributed by atoms with Gasteiger partial charge >= 0.3 is 17.6 Å². The molecule has 14 heteroatoms. The number of methoxy groups -OCH3 is 6. The number of para-hydroxylation sites is 1. The molecule has 4 aromatic rings. The number of esters is 2. The summed E-state index contributed by atoms with van der Waals surface area (Å²) in [7, 11) is 7.40. The van der Waals surface area contributed by atoms with Crippen LogP contribution < -0.4 is 39.2 Å². The third kappa shape index (κ3) is 7.60. The van der Waals surface area contributed by atoms with Crippen molar-refractivity contribution in [2.75, 3.05) is 67.4 Å². The second-order valence-corrected chi connectivity index (χ2v) is 11.8. The molecule has 0 atom stereocenters. The predicted octanol–water partition coefficient (Wildman–Crippen LogP) is 3.61. The molecule has 0 N–H and O–H groups in total. The molecule has 0 radical (unpaired) electrons. The Morgan fingerprint density at radius 3 is 1.51 bits per heavy atom. The third-order valence-electron chi connectivity index (χ3n) is 6.94.